The van der Waals surface area contributed by atoms with E-state index in [-0.39, 0.29) is 19.1 Å². The summed E-state index contributed by atoms with van der Waals surface area (Å²) in [6.07, 6.45) is 1.33. The summed E-state index contributed by atoms with van der Waals surface area (Å²) in [4.78, 5) is 11.0. The molecule has 21 heavy (non-hydrogen) atoms. The van der Waals surface area contributed by atoms with Gasteiger partial charge in [0.25, 0.3) is 0 Å². The summed E-state index contributed by atoms with van der Waals surface area (Å²) in [5.41, 5.74) is 3.26. The summed E-state index contributed by atoms with van der Waals surface area (Å²) in [6.45, 7) is 4.70. The lowest BCUT2D eigenvalue weighted by Gasteiger charge is -2.19. The second-order valence-electron chi connectivity index (χ2n) is 5.28. The molecule has 0 aliphatic heterocycles. The lowest BCUT2D eigenvalue weighted by Crippen LogP contribution is -2.34. The van der Waals surface area contributed by atoms with Gasteiger partial charge in [-0.2, -0.15) is 0 Å². The maximum absolute atomic E-state index is 11.0. The number of ether oxygens (including phenoxy) is 1. The number of nitrogens with one attached hydrogen (secondary N) is 1. The van der Waals surface area contributed by atoms with Crippen molar-refractivity contribution in [1.29, 1.82) is 0 Å². The SMILES string of the molecule is COc1cc(C)c(CC(CC(=O)O)NCCCO)cc1C. The van der Waals surface area contributed by atoms with Gasteiger partial charge in [0.15, 0.2) is 0 Å². The zero-order valence-electron chi connectivity index (χ0n) is 13.0. The Kier molecular flexibility index (Phi) is 7.19. The molecule has 0 spiro atoms. The Morgan fingerprint density at radius 1 is 1.33 bits per heavy atom. The summed E-state index contributed by atoms with van der Waals surface area (Å²) in [6, 6.07) is 3.90. The van der Waals surface area contributed by atoms with Crippen molar-refractivity contribution in [2.24, 2.45) is 0 Å². The largest absolute Gasteiger partial charge is 0.496 e. The van der Waals surface area contributed by atoms with Gasteiger partial charge in [-0.1, -0.05) is 6.07 Å². The molecule has 3 N–H and O–H groups in total. The minimum Gasteiger partial charge on any atom is -0.496 e. The zero-order chi connectivity index (χ0) is 15.8. The highest BCUT2D eigenvalue weighted by Crippen LogP contribution is 2.23. The van der Waals surface area contributed by atoms with E-state index in [1.807, 2.05) is 19.9 Å². The normalized spacial score (nSPS) is 12.2. The number of aliphatic carboxylic acids is 1. The van der Waals surface area contributed by atoms with Crippen LogP contribution in [0, 0.1) is 13.8 Å². The van der Waals surface area contributed by atoms with Crippen LogP contribution in [-0.4, -0.2) is 42.5 Å². The van der Waals surface area contributed by atoms with Gasteiger partial charge in [0.1, 0.15) is 5.75 Å². The Morgan fingerprint density at radius 3 is 2.62 bits per heavy atom. The van der Waals surface area contributed by atoms with Crippen LogP contribution in [0.25, 0.3) is 0 Å². The van der Waals surface area contributed by atoms with Gasteiger partial charge < -0.3 is 20.3 Å². The molecule has 1 aromatic carbocycles. The van der Waals surface area contributed by atoms with Crippen molar-refractivity contribution in [3.63, 3.8) is 0 Å². The fourth-order valence-electron chi connectivity index (χ4n) is 2.37. The fourth-order valence-corrected chi connectivity index (χ4v) is 2.37. The molecule has 1 unspecified atom stereocenters. The first-order chi connectivity index (χ1) is 9.97. The zero-order valence-corrected chi connectivity index (χ0v) is 13.0. The third-order valence-electron chi connectivity index (χ3n) is 3.51. The van der Waals surface area contributed by atoms with Crippen LogP contribution >= 0.6 is 0 Å². The smallest absolute Gasteiger partial charge is 0.304 e. The maximum Gasteiger partial charge on any atom is 0.304 e. The molecule has 1 atom stereocenters. The maximum atomic E-state index is 11.0. The van der Waals surface area contributed by atoms with E-state index < -0.39 is 5.97 Å². The van der Waals surface area contributed by atoms with Gasteiger partial charge in [-0.05, 0) is 56.0 Å². The van der Waals surface area contributed by atoms with Crippen LogP contribution in [0.5, 0.6) is 5.75 Å². The average Bonchev–Trinajstić information content (AvgIpc) is 2.42. The highest BCUT2D eigenvalue weighted by atomic mass is 16.5. The summed E-state index contributed by atoms with van der Waals surface area (Å²) in [5, 5.41) is 21.0. The van der Waals surface area contributed by atoms with E-state index in [4.69, 9.17) is 14.9 Å². The third kappa shape index (κ3) is 5.73. The Labute approximate surface area is 125 Å². The Balaban J connectivity index is 2.81. The van der Waals surface area contributed by atoms with Crippen molar-refractivity contribution >= 4 is 5.97 Å². The number of hydrogen-bond donors (Lipinski definition) is 3. The van der Waals surface area contributed by atoms with Crippen molar-refractivity contribution in [1.82, 2.24) is 5.32 Å². The molecule has 0 bridgehead atoms. The predicted molar refractivity (Wildman–Crippen MR) is 81.9 cm³/mol. The molecule has 5 heteroatoms. The van der Waals surface area contributed by atoms with E-state index in [0.29, 0.717) is 19.4 Å². The number of aliphatic hydroxyl groups excluding tert-OH is 1. The van der Waals surface area contributed by atoms with Crippen LogP contribution in [-0.2, 0) is 11.2 Å². The number of carboxylic acids is 1. The standard InChI is InChI=1S/C16H25NO4/c1-11-8-15(21-3)12(2)7-13(11)9-14(10-16(19)20)17-5-4-6-18/h7-8,14,17-18H,4-6,9-10H2,1-3H3,(H,19,20). The van der Waals surface area contributed by atoms with Gasteiger partial charge in [0, 0.05) is 12.6 Å². The molecule has 0 fully saturated rings. The van der Waals surface area contributed by atoms with Crippen molar-refractivity contribution in [3.05, 3.63) is 28.8 Å². The number of rotatable bonds is 9. The molecule has 0 heterocycles. The Morgan fingerprint density at radius 2 is 2.05 bits per heavy atom. The summed E-state index contributed by atoms with van der Waals surface area (Å²) in [7, 11) is 1.64. The van der Waals surface area contributed by atoms with Gasteiger partial charge in [-0.25, -0.2) is 0 Å². The van der Waals surface area contributed by atoms with E-state index in [9.17, 15) is 4.79 Å². The van der Waals surface area contributed by atoms with Crippen LogP contribution < -0.4 is 10.1 Å². The van der Waals surface area contributed by atoms with Gasteiger partial charge in [-0.3, -0.25) is 4.79 Å². The van der Waals surface area contributed by atoms with Crippen LogP contribution in [0.4, 0.5) is 0 Å². The van der Waals surface area contributed by atoms with Gasteiger partial charge >= 0.3 is 5.97 Å². The van der Waals surface area contributed by atoms with Crippen LogP contribution in [0.1, 0.15) is 29.5 Å². The quantitative estimate of drug-likeness (QED) is 0.604. The van der Waals surface area contributed by atoms with Crippen LogP contribution in [0.2, 0.25) is 0 Å². The van der Waals surface area contributed by atoms with Gasteiger partial charge in [0.2, 0.25) is 0 Å². The van der Waals surface area contributed by atoms with Crippen LogP contribution in [0.15, 0.2) is 12.1 Å². The van der Waals surface area contributed by atoms with Crippen molar-refractivity contribution < 1.29 is 19.7 Å². The lowest BCUT2D eigenvalue weighted by molar-refractivity contribution is -0.137. The summed E-state index contributed by atoms with van der Waals surface area (Å²) in [5.74, 6) is 0.0265. The third-order valence-corrected chi connectivity index (χ3v) is 3.51. The topological polar surface area (TPSA) is 78.8 Å². The molecule has 1 rings (SSSR count). The minimum absolute atomic E-state index is 0.0654. The predicted octanol–water partition coefficient (Wildman–Crippen LogP) is 1.67. The molecule has 0 aliphatic carbocycles. The van der Waals surface area contributed by atoms with Gasteiger partial charge in [0.05, 0.1) is 13.5 Å². The molecule has 5 nitrogen and oxygen atoms in total. The Hall–Kier alpha value is -1.59. The van der Waals surface area contributed by atoms with E-state index >= 15 is 0 Å². The Bertz CT molecular complexity index is 474. The van der Waals surface area contributed by atoms with Crippen molar-refractivity contribution in [2.45, 2.75) is 39.2 Å². The second kappa shape index (κ2) is 8.64. The number of carbonyl (C=O) groups is 1. The first kappa shape index (κ1) is 17.5. The molecule has 1 aromatic rings. The monoisotopic (exact) mass is 295 g/mol. The first-order valence-electron chi connectivity index (χ1n) is 7.18. The molecule has 0 saturated heterocycles. The lowest BCUT2D eigenvalue weighted by atomic mass is 9.96. The van der Waals surface area contributed by atoms with Gasteiger partial charge in [-0.15, -0.1) is 0 Å². The molecular formula is C16H25NO4. The van der Waals surface area contributed by atoms with E-state index in [1.165, 1.54) is 0 Å². The van der Waals surface area contributed by atoms with Crippen molar-refractivity contribution in [2.75, 3.05) is 20.3 Å². The molecule has 0 aliphatic rings. The van der Waals surface area contributed by atoms with E-state index in [2.05, 4.69) is 11.4 Å². The number of benzene rings is 1. The number of aliphatic hydroxyl groups is 1. The second-order valence-corrected chi connectivity index (χ2v) is 5.28. The highest BCUT2D eigenvalue weighted by molar-refractivity contribution is 5.67. The first-order valence-corrected chi connectivity index (χ1v) is 7.18. The molecule has 0 amide bonds. The molecule has 0 saturated carbocycles. The average molecular weight is 295 g/mol. The number of carboxylic acid groups (broad SMARTS) is 1. The molecule has 0 aromatic heterocycles. The fraction of sp³-hybridized carbons (Fsp3) is 0.562. The minimum atomic E-state index is -0.820. The van der Waals surface area contributed by atoms with Crippen LogP contribution in [0.3, 0.4) is 0 Å². The molecule has 118 valence electrons. The molecular weight excluding hydrogens is 270 g/mol. The van der Waals surface area contributed by atoms with E-state index in [1.54, 1.807) is 7.11 Å². The van der Waals surface area contributed by atoms with Crippen molar-refractivity contribution in [3.8, 4) is 5.75 Å². The summed E-state index contributed by atoms with van der Waals surface area (Å²) >= 11 is 0. The number of aryl methyl sites for hydroxylation is 2. The number of hydrogen-bond acceptors (Lipinski definition) is 4. The number of methoxy groups -OCH3 is 1. The van der Waals surface area contributed by atoms with E-state index in [0.717, 1.165) is 22.4 Å². The highest BCUT2D eigenvalue weighted by Gasteiger charge is 2.15. The molecule has 0 radical (unpaired) electrons. The summed E-state index contributed by atoms with van der Waals surface area (Å²) < 4.78 is 5.29.